The van der Waals surface area contributed by atoms with Gasteiger partial charge in [-0.05, 0) is 60.4 Å². The highest BCUT2D eigenvalue weighted by Gasteiger charge is 2.28. The smallest absolute Gasteiger partial charge is 0.251 e. The van der Waals surface area contributed by atoms with E-state index >= 15 is 0 Å². The largest absolute Gasteiger partial charge is 0.484 e. The monoisotopic (exact) mass is 587 g/mol. The van der Waals surface area contributed by atoms with Gasteiger partial charge in [0, 0.05) is 49.2 Å². The topological polar surface area (TPSA) is 117 Å². The number of carbonyl (C=O) groups is 2. The van der Waals surface area contributed by atoms with Crippen molar-refractivity contribution in [1.29, 1.82) is 0 Å². The zero-order valence-corrected chi connectivity index (χ0v) is 24.2. The standard InChI is InChI=1S/C32H33N3O6S/c1-40-19-17-34-32(37)24-10-12-25(13-11-24)42(38,39)21-28-26-8-5-9-29(36)27(26)14-15-30(28)41-31(20-35-18-16-33-22-35)23-6-3-2-4-7-23/h2-4,6-7,10-16,18,22,31H,5,8-9,17,19-21H2,1H3,(H,34,37). The van der Waals surface area contributed by atoms with Crippen molar-refractivity contribution in [2.45, 2.75) is 42.6 Å². The number of imidazole rings is 1. The third-order valence-corrected chi connectivity index (χ3v) is 8.96. The molecule has 5 rings (SSSR count). The first-order chi connectivity index (χ1) is 20.4. The summed E-state index contributed by atoms with van der Waals surface area (Å²) >= 11 is 0. The number of rotatable bonds is 12. The molecule has 3 aromatic carbocycles. The van der Waals surface area contributed by atoms with Crippen LogP contribution in [0.5, 0.6) is 5.75 Å². The number of nitrogens with zero attached hydrogens (tertiary/aromatic N) is 2. The van der Waals surface area contributed by atoms with Gasteiger partial charge in [0.15, 0.2) is 15.6 Å². The van der Waals surface area contributed by atoms with E-state index in [1.165, 1.54) is 24.3 Å². The quantitative estimate of drug-likeness (QED) is 0.241. The molecule has 10 heteroatoms. The van der Waals surface area contributed by atoms with Crippen LogP contribution < -0.4 is 10.1 Å². The van der Waals surface area contributed by atoms with Gasteiger partial charge in [-0.2, -0.15) is 0 Å². The number of methoxy groups -OCH3 is 1. The van der Waals surface area contributed by atoms with Crippen molar-refractivity contribution >= 4 is 21.5 Å². The third-order valence-electron chi connectivity index (χ3n) is 7.30. The fourth-order valence-corrected chi connectivity index (χ4v) is 6.53. The van der Waals surface area contributed by atoms with Crippen LogP contribution in [-0.4, -0.2) is 49.9 Å². The highest BCUT2D eigenvalue weighted by Crippen LogP contribution is 2.36. The Labute approximate surface area is 245 Å². The molecule has 1 unspecified atom stereocenters. The fraction of sp³-hybridized carbons (Fsp3) is 0.281. The molecule has 0 aliphatic heterocycles. The number of aromatic nitrogens is 2. The number of sulfone groups is 1. The molecule has 0 spiro atoms. The van der Waals surface area contributed by atoms with Crippen LogP contribution in [0.1, 0.15) is 56.4 Å². The number of amides is 1. The molecule has 0 fully saturated rings. The second-order valence-corrected chi connectivity index (χ2v) is 12.1. The summed E-state index contributed by atoms with van der Waals surface area (Å²) in [5.74, 6) is -0.226. The molecule has 1 N–H and O–H groups in total. The van der Waals surface area contributed by atoms with Crippen molar-refractivity contribution in [3.8, 4) is 5.75 Å². The summed E-state index contributed by atoms with van der Waals surface area (Å²) in [7, 11) is -2.31. The number of benzene rings is 3. The lowest BCUT2D eigenvalue weighted by molar-refractivity contribution is 0.0935. The second-order valence-electron chi connectivity index (χ2n) is 10.2. The Kier molecular flexibility index (Phi) is 9.14. The van der Waals surface area contributed by atoms with Crippen LogP contribution in [0.4, 0.5) is 0 Å². The van der Waals surface area contributed by atoms with E-state index in [1.807, 2.05) is 41.1 Å². The molecule has 1 atom stereocenters. The number of ketones is 1. The van der Waals surface area contributed by atoms with Gasteiger partial charge in [0.25, 0.3) is 5.91 Å². The van der Waals surface area contributed by atoms with Crippen LogP contribution in [0.25, 0.3) is 0 Å². The maximum atomic E-state index is 13.8. The molecule has 1 heterocycles. The minimum atomic E-state index is -3.86. The minimum Gasteiger partial charge on any atom is -0.484 e. The lowest BCUT2D eigenvalue weighted by Gasteiger charge is -2.25. The van der Waals surface area contributed by atoms with E-state index in [0.29, 0.717) is 61.4 Å². The van der Waals surface area contributed by atoms with E-state index in [0.717, 1.165) is 11.1 Å². The van der Waals surface area contributed by atoms with E-state index in [1.54, 1.807) is 31.8 Å². The average Bonchev–Trinajstić information content (AvgIpc) is 3.52. The number of Topliss-reactive ketones (excluding diaryl/α,β-unsaturated/α-hetero) is 1. The Morgan fingerprint density at radius 1 is 1.05 bits per heavy atom. The van der Waals surface area contributed by atoms with Crippen molar-refractivity contribution < 1.29 is 27.5 Å². The predicted octanol–water partition coefficient (Wildman–Crippen LogP) is 4.57. The molecule has 218 valence electrons. The Hall–Kier alpha value is -4.28. The Morgan fingerprint density at radius 2 is 1.83 bits per heavy atom. The van der Waals surface area contributed by atoms with Crippen molar-refractivity contribution in [3.63, 3.8) is 0 Å². The van der Waals surface area contributed by atoms with Crippen molar-refractivity contribution in [2.24, 2.45) is 0 Å². The fourth-order valence-electron chi connectivity index (χ4n) is 5.12. The van der Waals surface area contributed by atoms with Gasteiger partial charge >= 0.3 is 0 Å². The minimum absolute atomic E-state index is 0.00307. The second kappa shape index (κ2) is 13.1. The summed E-state index contributed by atoms with van der Waals surface area (Å²) in [6.07, 6.45) is 6.47. The summed E-state index contributed by atoms with van der Waals surface area (Å²) < 4.78 is 41.0. The average molecular weight is 588 g/mol. The number of ether oxygens (including phenoxy) is 2. The van der Waals surface area contributed by atoms with Crippen molar-refractivity contribution in [2.75, 3.05) is 20.3 Å². The first-order valence-electron chi connectivity index (χ1n) is 13.8. The highest BCUT2D eigenvalue weighted by atomic mass is 32.2. The summed E-state index contributed by atoms with van der Waals surface area (Å²) in [6.45, 7) is 1.18. The normalized spacial score (nSPS) is 13.8. The lowest BCUT2D eigenvalue weighted by Crippen LogP contribution is -2.26. The van der Waals surface area contributed by atoms with Gasteiger partial charge < -0.3 is 19.4 Å². The Morgan fingerprint density at radius 3 is 2.55 bits per heavy atom. The number of hydrogen-bond acceptors (Lipinski definition) is 7. The van der Waals surface area contributed by atoms with Crippen molar-refractivity contribution in [3.05, 3.63) is 113 Å². The van der Waals surface area contributed by atoms with E-state index in [-0.39, 0.29) is 22.3 Å². The van der Waals surface area contributed by atoms with Crippen LogP contribution >= 0.6 is 0 Å². The number of hydrogen-bond donors (Lipinski definition) is 1. The van der Waals surface area contributed by atoms with Gasteiger partial charge in [-0.15, -0.1) is 0 Å². The van der Waals surface area contributed by atoms with E-state index in [2.05, 4.69) is 10.3 Å². The molecule has 0 saturated carbocycles. The van der Waals surface area contributed by atoms with Crippen molar-refractivity contribution in [1.82, 2.24) is 14.9 Å². The molecule has 4 aromatic rings. The van der Waals surface area contributed by atoms with Crippen LogP contribution in [0.15, 0.2) is 90.3 Å². The molecule has 42 heavy (non-hydrogen) atoms. The molecular formula is C32H33N3O6S. The van der Waals surface area contributed by atoms with Crippen LogP contribution in [0.3, 0.4) is 0 Å². The summed E-state index contributed by atoms with van der Waals surface area (Å²) in [5.41, 5.74) is 3.03. The molecule has 9 nitrogen and oxygen atoms in total. The molecule has 1 aliphatic carbocycles. The van der Waals surface area contributed by atoms with Crippen LogP contribution in [0.2, 0.25) is 0 Å². The molecular weight excluding hydrogens is 554 g/mol. The zero-order valence-electron chi connectivity index (χ0n) is 23.4. The molecule has 0 saturated heterocycles. The molecule has 0 radical (unpaired) electrons. The first kappa shape index (κ1) is 29.2. The number of nitrogens with one attached hydrogen (secondary N) is 1. The van der Waals surface area contributed by atoms with Crippen LogP contribution in [0, 0.1) is 0 Å². The van der Waals surface area contributed by atoms with Crippen LogP contribution in [-0.2, 0) is 33.3 Å². The number of carbonyl (C=O) groups excluding carboxylic acids is 2. The van der Waals surface area contributed by atoms with Gasteiger partial charge in [0.1, 0.15) is 11.9 Å². The zero-order chi connectivity index (χ0) is 29.5. The summed E-state index contributed by atoms with van der Waals surface area (Å²) in [5, 5.41) is 2.72. The van der Waals surface area contributed by atoms with Gasteiger partial charge in [-0.25, -0.2) is 13.4 Å². The van der Waals surface area contributed by atoms with Gasteiger partial charge in [0.2, 0.25) is 0 Å². The maximum absolute atomic E-state index is 13.8. The number of fused-ring (bicyclic) bond motifs is 1. The predicted molar refractivity (Wildman–Crippen MR) is 157 cm³/mol. The van der Waals surface area contributed by atoms with E-state index in [4.69, 9.17) is 9.47 Å². The molecule has 1 aliphatic rings. The SMILES string of the molecule is COCCNC(=O)c1ccc(S(=O)(=O)Cc2c(OC(Cn3ccnc3)c3ccccc3)ccc3c2CCCC3=O)cc1. The molecule has 1 amide bonds. The van der Waals surface area contributed by atoms with E-state index < -0.39 is 15.9 Å². The summed E-state index contributed by atoms with van der Waals surface area (Å²) in [4.78, 5) is 29.4. The van der Waals surface area contributed by atoms with E-state index in [9.17, 15) is 18.0 Å². The highest BCUT2D eigenvalue weighted by molar-refractivity contribution is 7.90. The Bertz CT molecular complexity index is 1640. The van der Waals surface area contributed by atoms with Gasteiger partial charge in [-0.3, -0.25) is 9.59 Å². The summed E-state index contributed by atoms with van der Waals surface area (Å²) in [6, 6.07) is 19.0. The van der Waals surface area contributed by atoms with Gasteiger partial charge in [0.05, 0.1) is 30.1 Å². The third kappa shape index (κ3) is 6.78. The molecule has 0 bridgehead atoms. The molecule has 1 aromatic heterocycles. The maximum Gasteiger partial charge on any atom is 0.251 e. The lowest BCUT2D eigenvalue weighted by atomic mass is 9.87. The van der Waals surface area contributed by atoms with Gasteiger partial charge in [-0.1, -0.05) is 30.3 Å². The Balaban J connectivity index is 1.48. The first-order valence-corrected chi connectivity index (χ1v) is 15.5.